The Hall–Kier alpha value is -3.91. The van der Waals surface area contributed by atoms with Gasteiger partial charge in [0, 0.05) is 35.8 Å². The lowest BCUT2D eigenvalue weighted by atomic mass is 10.0. The highest BCUT2D eigenvalue weighted by atomic mass is 16.1. The fourth-order valence-electron chi connectivity index (χ4n) is 4.21. The molecule has 38 heavy (non-hydrogen) atoms. The summed E-state index contributed by atoms with van der Waals surface area (Å²) in [5, 5.41) is 3.73. The van der Waals surface area contributed by atoms with Crippen molar-refractivity contribution in [1.29, 1.82) is 0 Å². The first-order valence-electron chi connectivity index (χ1n) is 13.4. The van der Waals surface area contributed by atoms with Crippen LogP contribution in [-0.2, 0) is 19.5 Å². The van der Waals surface area contributed by atoms with Gasteiger partial charge >= 0.3 is 5.69 Å². The van der Waals surface area contributed by atoms with Crippen molar-refractivity contribution in [3.05, 3.63) is 99.9 Å². The lowest BCUT2D eigenvalue weighted by molar-refractivity contribution is 0.626. The molecular formula is C30H43N7O. The van der Waals surface area contributed by atoms with Crippen LogP contribution < -0.4 is 22.8 Å². The van der Waals surface area contributed by atoms with Crippen molar-refractivity contribution < 1.29 is 0 Å². The molecule has 0 spiro atoms. The summed E-state index contributed by atoms with van der Waals surface area (Å²) < 4.78 is 3.71. The second-order valence-electron chi connectivity index (χ2n) is 8.62. The molecule has 8 nitrogen and oxygen atoms in total. The molecule has 0 atom stereocenters. The largest absolute Gasteiger partial charge is 0.328 e. The molecule has 0 saturated heterocycles. The molecule has 2 aromatic heterocycles. The Morgan fingerprint density at radius 3 is 2.53 bits per heavy atom. The van der Waals surface area contributed by atoms with Crippen LogP contribution in [0, 0.1) is 0 Å². The van der Waals surface area contributed by atoms with E-state index in [9.17, 15) is 4.79 Å². The Kier molecular flexibility index (Phi) is 12.8. The maximum atomic E-state index is 13.3. The highest BCUT2D eigenvalue weighted by molar-refractivity contribution is 6.03. The zero-order valence-electron chi connectivity index (χ0n) is 23.4. The van der Waals surface area contributed by atoms with Crippen molar-refractivity contribution in [1.82, 2.24) is 19.5 Å². The maximum absolute atomic E-state index is 13.3. The summed E-state index contributed by atoms with van der Waals surface area (Å²) >= 11 is 0. The normalized spacial score (nSPS) is 11.9. The van der Waals surface area contributed by atoms with Crippen LogP contribution in [0.4, 0.5) is 0 Å². The minimum Gasteiger partial charge on any atom is -0.321 e. The number of aromatic nitrogens is 3. The first kappa shape index (κ1) is 30.3. The van der Waals surface area contributed by atoms with E-state index in [0.29, 0.717) is 18.9 Å². The van der Waals surface area contributed by atoms with Gasteiger partial charge in [-0.25, -0.2) is 10.6 Å². The monoisotopic (exact) mass is 517 g/mol. The van der Waals surface area contributed by atoms with Crippen molar-refractivity contribution in [2.75, 3.05) is 0 Å². The molecule has 2 heterocycles. The number of nitrogens with two attached hydrogens (primary N) is 2. The summed E-state index contributed by atoms with van der Waals surface area (Å²) in [6.07, 6.45) is 13.9. The van der Waals surface area contributed by atoms with Crippen molar-refractivity contribution in [3.63, 3.8) is 0 Å². The third-order valence-electron chi connectivity index (χ3n) is 6.20. The van der Waals surface area contributed by atoms with E-state index >= 15 is 0 Å². The second kappa shape index (κ2) is 16.0. The van der Waals surface area contributed by atoms with Crippen LogP contribution in [0.15, 0.2) is 82.5 Å². The molecule has 1 aromatic carbocycles. The number of nitrogens with one attached hydrogen (secondary N) is 1. The van der Waals surface area contributed by atoms with Crippen LogP contribution >= 0.6 is 0 Å². The maximum Gasteiger partial charge on any atom is 0.328 e. The number of hydrazone groups is 1. The van der Waals surface area contributed by atoms with Crippen LogP contribution in [0.2, 0.25) is 0 Å². The van der Waals surface area contributed by atoms with Gasteiger partial charge in [0.1, 0.15) is 0 Å². The van der Waals surface area contributed by atoms with E-state index < -0.39 is 0 Å². The fourth-order valence-corrected chi connectivity index (χ4v) is 4.21. The van der Waals surface area contributed by atoms with Gasteiger partial charge in [0.2, 0.25) is 0 Å². The number of aryl methyl sites for hydroxylation is 2. The number of hydrogen-bond acceptors (Lipinski definition) is 5. The number of nitrogens with zero attached hydrogens (tertiary/aromatic N) is 4. The van der Waals surface area contributed by atoms with Gasteiger partial charge in [-0.15, -0.1) is 0 Å². The van der Waals surface area contributed by atoms with Gasteiger partial charge in [-0.1, -0.05) is 81.3 Å². The highest BCUT2D eigenvalue weighted by Crippen LogP contribution is 2.22. The van der Waals surface area contributed by atoms with Gasteiger partial charge in [-0.2, -0.15) is 5.10 Å². The van der Waals surface area contributed by atoms with Crippen LogP contribution in [-0.4, -0.2) is 20.0 Å². The molecule has 0 aliphatic heterocycles. The third-order valence-corrected chi connectivity index (χ3v) is 6.20. The quantitative estimate of drug-likeness (QED) is 0.107. The van der Waals surface area contributed by atoms with Gasteiger partial charge < -0.3 is 11.3 Å². The molecule has 0 radical (unpaired) electrons. The Labute approximate surface area is 226 Å². The molecular weight excluding hydrogens is 474 g/mol. The molecule has 0 bridgehead atoms. The lowest BCUT2D eigenvalue weighted by Gasteiger charge is -2.11. The number of allylic oxidation sites excluding steroid dienone is 4. The first-order valence-corrected chi connectivity index (χ1v) is 13.4. The number of imidazole rings is 1. The SMILES string of the molecule is C/C=C\C(=C/C)CCn1cc(CCCC)n(Cc2ccc(-c3ccccc3/C(=N/N)NN)nc2)c1=O.CC. The van der Waals surface area contributed by atoms with E-state index in [4.69, 9.17) is 11.7 Å². The number of pyridine rings is 1. The molecule has 8 heteroatoms. The van der Waals surface area contributed by atoms with E-state index in [1.54, 1.807) is 0 Å². The van der Waals surface area contributed by atoms with E-state index in [-0.39, 0.29) is 5.69 Å². The summed E-state index contributed by atoms with van der Waals surface area (Å²) in [5.41, 5.74) is 8.18. The molecule has 0 amide bonds. The molecule has 0 saturated carbocycles. The molecule has 5 N–H and O–H groups in total. The van der Waals surface area contributed by atoms with E-state index in [2.05, 4.69) is 34.6 Å². The van der Waals surface area contributed by atoms with Crippen LogP contribution in [0.25, 0.3) is 11.3 Å². The smallest absolute Gasteiger partial charge is 0.321 e. The Morgan fingerprint density at radius 1 is 1.16 bits per heavy atom. The average Bonchev–Trinajstić information content (AvgIpc) is 3.26. The molecule has 0 aliphatic carbocycles. The van der Waals surface area contributed by atoms with Gasteiger partial charge in [0.25, 0.3) is 0 Å². The summed E-state index contributed by atoms with van der Waals surface area (Å²) in [4.78, 5) is 18.0. The molecule has 0 fully saturated rings. The topological polar surface area (TPSA) is 116 Å². The highest BCUT2D eigenvalue weighted by Gasteiger charge is 2.14. The Morgan fingerprint density at radius 2 is 1.92 bits per heavy atom. The van der Waals surface area contributed by atoms with E-state index in [1.807, 2.05) is 91.7 Å². The number of unbranched alkanes of at least 4 members (excludes halogenated alkanes) is 1. The predicted molar refractivity (Wildman–Crippen MR) is 159 cm³/mol. The summed E-state index contributed by atoms with van der Waals surface area (Å²) in [7, 11) is 0. The third kappa shape index (κ3) is 7.79. The van der Waals surface area contributed by atoms with E-state index in [0.717, 1.165) is 53.8 Å². The lowest BCUT2D eigenvalue weighted by Crippen LogP contribution is -2.32. The van der Waals surface area contributed by atoms with Gasteiger partial charge in [0.05, 0.1) is 12.2 Å². The van der Waals surface area contributed by atoms with Crippen molar-refractivity contribution in [2.24, 2.45) is 16.8 Å². The fraction of sp³-hybridized carbons (Fsp3) is 0.367. The van der Waals surface area contributed by atoms with Crippen molar-refractivity contribution >= 4 is 5.84 Å². The van der Waals surface area contributed by atoms with Crippen LogP contribution in [0.1, 0.15) is 70.7 Å². The number of rotatable bonds is 11. The zero-order chi connectivity index (χ0) is 27.9. The molecule has 204 valence electrons. The summed E-state index contributed by atoms with van der Waals surface area (Å²) in [5.74, 6) is 11.4. The number of hydrazine groups is 1. The van der Waals surface area contributed by atoms with Gasteiger partial charge in [-0.05, 0) is 44.7 Å². The van der Waals surface area contributed by atoms with Gasteiger partial charge in [0.15, 0.2) is 5.84 Å². The van der Waals surface area contributed by atoms with Crippen LogP contribution in [0.5, 0.6) is 0 Å². The van der Waals surface area contributed by atoms with Crippen molar-refractivity contribution in [3.8, 4) is 11.3 Å². The number of hydrogen-bond donors (Lipinski definition) is 3. The molecule has 0 unspecified atom stereocenters. The first-order chi connectivity index (χ1) is 18.6. The summed E-state index contributed by atoms with van der Waals surface area (Å²) in [6, 6.07) is 11.6. The van der Waals surface area contributed by atoms with Gasteiger partial charge in [-0.3, -0.25) is 14.1 Å². The molecule has 3 rings (SSSR count). The van der Waals surface area contributed by atoms with Crippen LogP contribution in [0.3, 0.4) is 0 Å². The van der Waals surface area contributed by atoms with E-state index in [1.165, 1.54) is 5.57 Å². The average molecular weight is 518 g/mol. The molecule has 0 aliphatic rings. The second-order valence-corrected chi connectivity index (χ2v) is 8.62. The number of benzene rings is 1. The minimum absolute atomic E-state index is 0.0178. The van der Waals surface area contributed by atoms with Crippen molar-refractivity contribution in [2.45, 2.75) is 73.4 Å². The zero-order valence-corrected chi connectivity index (χ0v) is 23.4. The summed E-state index contributed by atoms with van der Waals surface area (Å²) in [6.45, 7) is 11.3. The standard InChI is InChI=1S/C28H37N7O.C2H6/c1-4-7-11-23-20-34(17-16-21(6-3)10-5-2)28(36)35(23)19-22-14-15-26(31-18-22)24-12-8-9-13-25(24)27(32-29)33-30;1-2/h5-6,8-10,12-15,18,20H,4,7,11,16-17,19,29-30H2,1-3H3,(H,32,33);1-2H3/b10-5-,21-6+;. The minimum atomic E-state index is 0.0178. The Balaban J connectivity index is 0.00000247. The number of amidine groups is 1. The molecule has 3 aromatic rings. The Bertz CT molecular complexity index is 1280. The predicted octanol–water partition coefficient (Wildman–Crippen LogP) is 5.13.